The first kappa shape index (κ1) is 15.7. The molecule has 1 rings (SSSR count). The molecule has 0 atom stereocenters. The number of halogens is 2. The molecule has 1 N–H and O–H groups in total. The van der Waals surface area contributed by atoms with Crippen LogP contribution >= 0.6 is 35.3 Å². The van der Waals surface area contributed by atoms with Crippen LogP contribution in [0.2, 0.25) is 4.34 Å². The van der Waals surface area contributed by atoms with Crippen molar-refractivity contribution in [1.29, 1.82) is 0 Å². The third-order valence-corrected chi connectivity index (χ3v) is 3.25. The fourth-order valence-corrected chi connectivity index (χ4v) is 2.32. The summed E-state index contributed by atoms with van der Waals surface area (Å²) in [7, 11) is 3.65. The molecule has 0 aliphatic heterocycles. The quantitative estimate of drug-likeness (QED) is 0.900. The second-order valence-electron chi connectivity index (χ2n) is 3.31. The molecule has 0 aromatic carbocycles. The van der Waals surface area contributed by atoms with Crippen molar-refractivity contribution in [2.24, 2.45) is 0 Å². The van der Waals surface area contributed by atoms with Gasteiger partial charge in [-0.3, -0.25) is 4.79 Å². The van der Waals surface area contributed by atoms with E-state index in [-0.39, 0.29) is 18.3 Å². The minimum atomic E-state index is 0. The maximum absolute atomic E-state index is 11.6. The van der Waals surface area contributed by atoms with Gasteiger partial charge >= 0.3 is 0 Å². The molecule has 0 aliphatic rings. The minimum absolute atomic E-state index is 0. The van der Waals surface area contributed by atoms with E-state index in [1.165, 1.54) is 11.3 Å². The zero-order valence-corrected chi connectivity index (χ0v) is 11.7. The Morgan fingerprint density at radius 1 is 1.56 bits per heavy atom. The zero-order chi connectivity index (χ0) is 11.3. The molecular formula is C10H16Cl2N2OS. The van der Waals surface area contributed by atoms with Crippen molar-refractivity contribution in [2.75, 3.05) is 20.6 Å². The summed E-state index contributed by atoms with van der Waals surface area (Å²) in [6.07, 6.45) is 0.534. The van der Waals surface area contributed by atoms with Crippen LogP contribution in [-0.2, 0) is 11.3 Å². The van der Waals surface area contributed by atoms with Crippen LogP contribution in [0, 0.1) is 0 Å². The molecule has 6 heteroatoms. The molecule has 92 valence electrons. The van der Waals surface area contributed by atoms with E-state index < -0.39 is 0 Å². The predicted molar refractivity (Wildman–Crippen MR) is 71.6 cm³/mol. The number of carbonyl (C=O) groups is 1. The lowest BCUT2D eigenvalue weighted by atomic mass is 10.3. The van der Waals surface area contributed by atoms with E-state index in [1.807, 2.05) is 26.2 Å². The van der Waals surface area contributed by atoms with E-state index in [0.29, 0.717) is 19.5 Å². The van der Waals surface area contributed by atoms with Crippen LogP contribution in [0.5, 0.6) is 0 Å². The Bertz CT molecular complexity index is 330. The highest BCUT2D eigenvalue weighted by Crippen LogP contribution is 2.22. The average molecular weight is 283 g/mol. The third kappa shape index (κ3) is 5.16. The van der Waals surface area contributed by atoms with Crippen molar-refractivity contribution >= 4 is 41.3 Å². The standard InChI is InChI=1S/C10H15ClN2OS.ClH/c1-12-6-5-10(14)13(2)7-8-3-4-9(11)15-8;/h3-4,12H,5-7H2,1-2H3;1H. The van der Waals surface area contributed by atoms with E-state index in [4.69, 9.17) is 11.6 Å². The Morgan fingerprint density at radius 3 is 2.75 bits per heavy atom. The molecule has 0 aliphatic carbocycles. The van der Waals surface area contributed by atoms with Gasteiger partial charge in [-0.1, -0.05) is 11.6 Å². The van der Waals surface area contributed by atoms with Gasteiger partial charge in [0, 0.05) is 24.9 Å². The lowest BCUT2D eigenvalue weighted by Gasteiger charge is -2.15. The molecule has 1 aromatic heterocycles. The van der Waals surface area contributed by atoms with Crippen molar-refractivity contribution in [3.8, 4) is 0 Å². The van der Waals surface area contributed by atoms with Crippen LogP contribution in [0.15, 0.2) is 12.1 Å². The predicted octanol–water partition coefficient (Wildman–Crippen LogP) is 2.39. The molecule has 1 aromatic rings. The summed E-state index contributed by atoms with van der Waals surface area (Å²) in [5.74, 6) is 0.147. The van der Waals surface area contributed by atoms with Crippen LogP contribution < -0.4 is 5.32 Å². The number of thiophene rings is 1. The molecule has 16 heavy (non-hydrogen) atoms. The average Bonchev–Trinajstić information content (AvgIpc) is 2.60. The lowest BCUT2D eigenvalue weighted by Crippen LogP contribution is -2.28. The number of rotatable bonds is 5. The van der Waals surface area contributed by atoms with Crippen LogP contribution in [0.3, 0.4) is 0 Å². The van der Waals surface area contributed by atoms with Gasteiger partial charge in [0.15, 0.2) is 0 Å². The first-order chi connectivity index (χ1) is 7.13. The van der Waals surface area contributed by atoms with E-state index in [9.17, 15) is 4.79 Å². The van der Waals surface area contributed by atoms with Gasteiger partial charge in [-0.25, -0.2) is 0 Å². The van der Waals surface area contributed by atoms with Gasteiger partial charge in [0.25, 0.3) is 0 Å². The Kier molecular flexibility index (Phi) is 7.76. The van der Waals surface area contributed by atoms with Crippen LogP contribution in [0.25, 0.3) is 0 Å². The molecule has 0 spiro atoms. The van der Waals surface area contributed by atoms with Crippen LogP contribution in [0.1, 0.15) is 11.3 Å². The molecule has 0 saturated carbocycles. The maximum atomic E-state index is 11.6. The molecule has 1 amide bonds. The summed E-state index contributed by atoms with van der Waals surface area (Å²) >= 11 is 7.33. The maximum Gasteiger partial charge on any atom is 0.223 e. The summed E-state index contributed by atoms with van der Waals surface area (Å²) in [5, 5.41) is 2.96. The highest BCUT2D eigenvalue weighted by molar-refractivity contribution is 7.16. The van der Waals surface area contributed by atoms with Gasteiger partial charge in [-0.05, 0) is 19.2 Å². The molecule has 0 saturated heterocycles. The second-order valence-corrected chi connectivity index (χ2v) is 5.11. The first-order valence-corrected chi connectivity index (χ1v) is 5.95. The summed E-state index contributed by atoms with van der Waals surface area (Å²) in [6, 6.07) is 3.81. The van der Waals surface area contributed by atoms with Gasteiger partial charge < -0.3 is 10.2 Å². The highest BCUT2D eigenvalue weighted by atomic mass is 35.5. The summed E-state index contributed by atoms with van der Waals surface area (Å²) in [5.41, 5.74) is 0. The Labute approximate surface area is 111 Å². The van der Waals surface area contributed by atoms with E-state index >= 15 is 0 Å². The van der Waals surface area contributed by atoms with Gasteiger partial charge in [-0.2, -0.15) is 0 Å². The number of carbonyl (C=O) groups excluding carboxylic acids is 1. The van der Waals surface area contributed by atoms with E-state index in [2.05, 4.69) is 5.32 Å². The largest absolute Gasteiger partial charge is 0.341 e. The number of nitrogens with zero attached hydrogens (tertiary/aromatic N) is 1. The number of hydrogen-bond donors (Lipinski definition) is 1. The number of amides is 1. The number of hydrogen-bond acceptors (Lipinski definition) is 3. The molecule has 0 bridgehead atoms. The van der Waals surface area contributed by atoms with Gasteiger partial charge in [0.2, 0.25) is 5.91 Å². The highest BCUT2D eigenvalue weighted by Gasteiger charge is 2.09. The van der Waals surface area contributed by atoms with E-state index in [1.54, 1.807) is 4.90 Å². The van der Waals surface area contributed by atoms with Crippen molar-refractivity contribution in [1.82, 2.24) is 10.2 Å². The van der Waals surface area contributed by atoms with Gasteiger partial charge in [0.05, 0.1) is 10.9 Å². The SMILES string of the molecule is CNCCC(=O)N(C)Cc1ccc(Cl)s1.Cl. The fraction of sp³-hybridized carbons (Fsp3) is 0.500. The molecule has 1 heterocycles. The van der Waals surface area contributed by atoms with Crippen molar-refractivity contribution < 1.29 is 4.79 Å². The second kappa shape index (κ2) is 7.90. The third-order valence-electron chi connectivity index (χ3n) is 2.04. The van der Waals surface area contributed by atoms with Crippen molar-refractivity contribution in [3.05, 3.63) is 21.3 Å². The Hall–Kier alpha value is -0.290. The minimum Gasteiger partial charge on any atom is -0.341 e. The molecule has 0 unspecified atom stereocenters. The first-order valence-electron chi connectivity index (χ1n) is 4.76. The normalized spacial score (nSPS) is 9.69. The van der Waals surface area contributed by atoms with E-state index in [0.717, 1.165) is 9.21 Å². The van der Waals surface area contributed by atoms with Crippen LogP contribution in [0.4, 0.5) is 0 Å². The monoisotopic (exact) mass is 282 g/mol. The molecule has 0 fully saturated rings. The molecular weight excluding hydrogens is 267 g/mol. The van der Waals surface area contributed by atoms with Crippen LogP contribution in [-0.4, -0.2) is 31.4 Å². The Morgan fingerprint density at radius 2 is 2.25 bits per heavy atom. The summed E-state index contributed by atoms with van der Waals surface area (Å²) in [4.78, 5) is 14.4. The zero-order valence-electron chi connectivity index (χ0n) is 9.33. The summed E-state index contributed by atoms with van der Waals surface area (Å²) in [6.45, 7) is 1.36. The topological polar surface area (TPSA) is 32.3 Å². The fourth-order valence-electron chi connectivity index (χ4n) is 1.18. The summed E-state index contributed by atoms with van der Waals surface area (Å²) < 4.78 is 0.765. The number of nitrogens with one attached hydrogen (secondary N) is 1. The smallest absolute Gasteiger partial charge is 0.223 e. The van der Waals surface area contributed by atoms with Crippen molar-refractivity contribution in [3.63, 3.8) is 0 Å². The van der Waals surface area contributed by atoms with Gasteiger partial charge in [0.1, 0.15) is 0 Å². The molecule has 0 radical (unpaired) electrons. The lowest BCUT2D eigenvalue weighted by molar-refractivity contribution is -0.130. The Balaban J connectivity index is 0.00000225. The molecule has 3 nitrogen and oxygen atoms in total. The van der Waals surface area contributed by atoms with Gasteiger partial charge in [-0.15, -0.1) is 23.7 Å². The van der Waals surface area contributed by atoms with Crippen molar-refractivity contribution in [2.45, 2.75) is 13.0 Å².